The number of carbonyl (C=O) groups is 1. The summed E-state index contributed by atoms with van der Waals surface area (Å²) in [6.45, 7) is 9.87. The maximum Gasteiger partial charge on any atom is 0.335 e. The van der Waals surface area contributed by atoms with Crippen molar-refractivity contribution in [1.82, 2.24) is 0 Å². The van der Waals surface area contributed by atoms with Gasteiger partial charge in [-0.25, -0.2) is 4.79 Å². The quantitative estimate of drug-likeness (QED) is 0.233. The molecule has 0 heterocycles. The molecule has 130 valence electrons. The lowest BCUT2D eigenvalue weighted by Crippen LogP contribution is -2.43. The van der Waals surface area contributed by atoms with Crippen LogP contribution in [0, 0.1) is 0 Å². The van der Waals surface area contributed by atoms with Crippen LogP contribution < -0.4 is 0 Å². The monoisotopic (exact) mass is 318 g/mol. The van der Waals surface area contributed by atoms with E-state index in [0.717, 1.165) is 12.8 Å². The Labute approximate surface area is 133 Å². The van der Waals surface area contributed by atoms with E-state index < -0.39 is 17.9 Å². The van der Waals surface area contributed by atoms with Crippen molar-refractivity contribution >= 4 is 5.97 Å². The normalized spacial score (nSPS) is 15.1. The van der Waals surface area contributed by atoms with Gasteiger partial charge in [-0.1, -0.05) is 26.3 Å². The van der Waals surface area contributed by atoms with Gasteiger partial charge in [-0.3, -0.25) is 0 Å². The van der Waals surface area contributed by atoms with E-state index in [4.69, 9.17) is 14.2 Å². The van der Waals surface area contributed by atoms with Gasteiger partial charge in [-0.05, 0) is 20.3 Å². The maximum atomic E-state index is 11.6. The molecule has 0 radical (unpaired) electrons. The molecule has 0 spiro atoms. The predicted molar refractivity (Wildman–Crippen MR) is 83.3 cm³/mol. The Bertz CT molecular complexity index is 331. The minimum Gasteiger partial charge on any atom is -0.427 e. The van der Waals surface area contributed by atoms with E-state index in [-0.39, 0.29) is 25.2 Å². The van der Waals surface area contributed by atoms with Crippen LogP contribution in [0.1, 0.15) is 46.5 Å². The van der Waals surface area contributed by atoms with Crippen LogP contribution in [0.5, 0.6) is 0 Å². The molecule has 0 saturated carbocycles. The third-order valence-electron chi connectivity index (χ3n) is 2.98. The largest absolute Gasteiger partial charge is 0.427 e. The van der Waals surface area contributed by atoms with Crippen LogP contribution in [0.2, 0.25) is 0 Å². The van der Waals surface area contributed by atoms with Crippen LogP contribution in [0.25, 0.3) is 0 Å². The molecule has 0 aliphatic rings. The van der Waals surface area contributed by atoms with Crippen LogP contribution in [-0.4, -0.2) is 54.5 Å². The molecule has 0 aromatic heterocycles. The molecule has 2 N–H and O–H groups in total. The molecule has 0 aliphatic heterocycles. The van der Waals surface area contributed by atoms with Gasteiger partial charge in [-0.15, -0.1) is 0 Å². The lowest BCUT2D eigenvalue weighted by molar-refractivity contribution is -0.237. The number of aliphatic hydroxyl groups is 2. The van der Waals surface area contributed by atoms with Gasteiger partial charge in [0.2, 0.25) is 5.79 Å². The van der Waals surface area contributed by atoms with Gasteiger partial charge in [0.25, 0.3) is 0 Å². The van der Waals surface area contributed by atoms with Gasteiger partial charge in [0.15, 0.2) is 0 Å². The summed E-state index contributed by atoms with van der Waals surface area (Å²) in [5, 5.41) is 20.4. The Balaban J connectivity index is 4.52. The molecular formula is C16H30O6. The average Bonchev–Trinajstić information content (AvgIpc) is 2.44. The van der Waals surface area contributed by atoms with Crippen molar-refractivity contribution in [2.75, 3.05) is 26.4 Å². The van der Waals surface area contributed by atoms with Gasteiger partial charge >= 0.3 is 5.97 Å². The van der Waals surface area contributed by atoms with E-state index in [1.807, 2.05) is 13.8 Å². The Morgan fingerprint density at radius 1 is 1.27 bits per heavy atom. The highest BCUT2D eigenvalue weighted by molar-refractivity contribution is 5.87. The fourth-order valence-electron chi connectivity index (χ4n) is 1.79. The standard InChI is InChI=1S/C16H30O6/c1-5-7-8-14(17)11-16(19,22-15(18)13(3)4)12-21-10-9-20-6-2/h14,17,19H,3,5-12H2,1-2,4H3. The van der Waals surface area contributed by atoms with E-state index in [0.29, 0.717) is 19.6 Å². The molecule has 0 aromatic carbocycles. The van der Waals surface area contributed by atoms with Crippen molar-refractivity contribution in [2.45, 2.75) is 58.3 Å². The third-order valence-corrected chi connectivity index (χ3v) is 2.98. The van der Waals surface area contributed by atoms with Crippen LogP contribution in [0.4, 0.5) is 0 Å². The van der Waals surface area contributed by atoms with Gasteiger partial charge in [0, 0.05) is 18.6 Å². The molecule has 0 aliphatic carbocycles. The van der Waals surface area contributed by atoms with Crippen molar-refractivity contribution in [3.63, 3.8) is 0 Å². The number of hydrogen-bond donors (Lipinski definition) is 2. The summed E-state index contributed by atoms with van der Waals surface area (Å²) in [7, 11) is 0. The zero-order chi connectivity index (χ0) is 17.0. The van der Waals surface area contributed by atoms with E-state index in [1.54, 1.807) is 0 Å². The van der Waals surface area contributed by atoms with Gasteiger partial charge in [0.1, 0.15) is 6.61 Å². The molecule has 22 heavy (non-hydrogen) atoms. The summed E-state index contributed by atoms with van der Waals surface area (Å²) < 4.78 is 15.5. The average molecular weight is 318 g/mol. The lowest BCUT2D eigenvalue weighted by atomic mass is 10.0. The molecule has 0 aromatic rings. The predicted octanol–water partition coefficient (Wildman–Crippen LogP) is 1.79. The summed E-state index contributed by atoms with van der Waals surface area (Å²) in [5.41, 5.74) is 0.177. The minimum absolute atomic E-state index is 0.0966. The maximum absolute atomic E-state index is 11.6. The zero-order valence-corrected chi connectivity index (χ0v) is 14.0. The number of unbranched alkanes of at least 4 members (excludes halogenated alkanes) is 1. The van der Waals surface area contributed by atoms with Crippen molar-refractivity contribution < 1.29 is 29.2 Å². The topological polar surface area (TPSA) is 85.2 Å². The summed E-state index contributed by atoms with van der Waals surface area (Å²) in [4.78, 5) is 11.6. The smallest absolute Gasteiger partial charge is 0.335 e. The first-order chi connectivity index (χ1) is 10.3. The van der Waals surface area contributed by atoms with Crippen molar-refractivity contribution in [3.05, 3.63) is 12.2 Å². The fraction of sp³-hybridized carbons (Fsp3) is 0.812. The number of hydrogen-bond acceptors (Lipinski definition) is 6. The molecule has 6 nitrogen and oxygen atoms in total. The molecule has 2 atom stereocenters. The Kier molecular flexibility index (Phi) is 11.1. The SMILES string of the molecule is C=C(C)C(=O)OC(O)(COCCOCC)CC(O)CCCC. The Morgan fingerprint density at radius 2 is 1.91 bits per heavy atom. The molecule has 6 heteroatoms. The zero-order valence-electron chi connectivity index (χ0n) is 14.0. The second-order valence-corrected chi connectivity index (χ2v) is 5.37. The summed E-state index contributed by atoms with van der Waals surface area (Å²) in [5.74, 6) is -2.58. The van der Waals surface area contributed by atoms with Crippen LogP contribution >= 0.6 is 0 Å². The van der Waals surface area contributed by atoms with Crippen LogP contribution in [-0.2, 0) is 19.0 Å². The third kappa shape index (κ3) is 9.89. The number of aliphatic hydroxyl groups excluding tert-OH is 1. The number of ether oxygens (including phenoxy) is 3. The number of rotatable bonds is 13. The molecular weight excluding hydrogens is 288 g/mol. The highest BCUT2D eigenvalue weighted by atomic mass is 16.7. The summed E-state index contributed by atoms with van der Waals surface area (Å²) in [6.07, 6.45) is 1.43. The van der Waals surface area contributed by atoms with E-state index in [2.05, 4.69) is 6.58 Å². The first kappa shape index (κ1) is 21.0. The highest BCUT2D eigenvalue weighted by Crippen LogP contribution is 2.20. The van der Waals surface area contributed by atoms with Crippen molar-refractivity contribution in [2.24, 2.45) is 0 Å². The highest BCUT2D eigenvalue weighted by Gasteiger charge is 2.34. The van der Waals surface area contributed by atoms with Crippen molar-refractivity contribution in [3.8, 4) is 0 Å². The fourth-order valence-corrected chi connectivity index (χ4v) is 1.79. The van der Waals surface area contributed by atoms with Crippen LogP contribution in [0.15, 0.2) is 12.2 Å². The number of carbonyl (C=O) groups excluding carboxylic acids is 1. The first-order valence-corrected chi connectivity index (χ1v) is 7.79. The summed E-state index contributed by atoms with van der Waals surface area (Å²) >= 11 is 0. The van der Waals surface area contributed by atoms with Gasteiger partial charge in [-0.2, -0.15) is 0 Å². The Hall–Kier alpha value is -0.950. The van der Waals surface area contributed by atoms with E-state index in [1.165, 1.54) is 6.92 Å². The minimum atomic E-state index is -1.87. The molecule has 0 fully saturated rings. The van der Waals surface area contributed by atoms with E-state index in [9.17, 15) is 15.0 Å². The molecule has 0 saturated heterocycles. The Morgan fingerprint density at radius 3 is 2.45 bits per heavy atom. The lowest BCUT2D eigenvalue weighted by Gasteiger charge is -2.29. The molecule has 0 bridgehead atoms. The van der Waals surface area contributed by atoms with Gasteiger partial charge in [0.05, 0.1) is 19.3 Å². The molecule has 0 rings (SSSR count). The van der Waals surface area contributed by atoms with Crippen LogP contribution in [0.3, 0.4) is 0 Å². The van der Waals surface area contributed by atoms with Crippen molar-refractivity contribution in [1.29, 1.82) is 0 Å². The first-order valence-electron chi connectivity index (χ1n) is 7.79. The summed E-state index contributed by atoms with van der Waals surface area (Å²) in [6, 6.07) is 0. The number of esters is 1. The molecule has 0 amide bonds. The second-order valence-electron chi connectivity index (χ2n) is 5.37. The van der Waals surface area contributed by atoms with Gasteiger partial charge < -0.3 is 24.4 Å². The molecule has 2 unspecified atom stereocenters. The van der Waals surface area contributed by atoms with E-state index >= 15 is 0 Å². The second kappa shape index (κ2) is 11.6.